The number of amides is 1. The predicted molar refractivity (Wildman–Crippen MR) is 106 cm³/mol. The van der Waals surface area contributed by atoms with Crippen molar-refractivity contribution in [2.75, 3.05) is 5.32 Å². The molecule has 0 aliphatic carbocycles. The van der Waals surface area contributed by atoms with Gasteiger partial charge in [-0.25, -0.2) is 9.37 Å². The molecule has 0 bridgehead atoms. The number of hydrogen-bond acceptors (Lipinski definition) is 7. The SMILES string of the molecule is O=C(Nc1nnc(SCc2nc3ccccc3[nH]c2=O)s1)c1ccc(F)cc1. The number of fused-ring (bicyclic) bond motifs is 1. The summed E-state index contributed by atoms with van der Waals surface area (Å²) in [5.74, 6) is -0.496. The summed E-state index contributed by atoms with van der Waals surface area (Å²) in [6.07, 6.45) is 0. The fraction of sp³-hybridized carbons (Fsp3) is 0.0556. The standard InChI is InChI=1S/C18H12FN5O2S2/c19-11-7-5-10(6-8-11)15(25)22-17-23-24-18(28-17)27-9-14-16(26)21-13-4-2-1-3-12(13)20-14/h1-8H,9H2,(H,21,26)(H,22,23,25). The van der Waals surface area contributed by atoms with Crippen molar-refractivity contribution in [1.82, 2.24) is 20.2 Å². The molecule has 0 aliphatic rings. The molecular weight excluding hydrogens is 401 g/mol. The maximum Gasteiger partial charge on any atom is 0.271 e. The Labute approximate surface area is 166 Å². The number of aromatic nitrogens is 4. The predicted octanol–water partition coefficient (Wildman–Crippen LogP) is 3.46. The highest BCUT2D eigenvalue weighted by Gasteiger charge is 2.12. The molecule has 2 aromatic carbocycles. The van der Waals surface area contributed by atoms with Gasteiger partial charge in [-0.3, -0.25) is 14.9 Å². The number of thioether (sulfide) groups is 1. The van der Waals surface area contributed by atoms with Gasteiger partial charge in [-0.2, -0.15) is 0 Å². The highest BCUT2D eigenvalue weighted by molar-refractivity contribution is 8.00. The molecular formula is C18H12FN5O2S2. The van der Waals surface area contributed by atoms with Crippen LogP contribution in [0.25, 0.3) is 11.0 Å². The molecule has 0 spiro atoms. The van der Waals surface area contributed by atoms with E-state index in [1.54, 1.807) is 6.07 Å². The Bertz CT molecular complexity index is 1210. The Morgan fingerprint density at radius 1 is 1.14 bits per heavy atom. The Morgan fingerprint density at radius 2 is 1.93 bits per heavy atom. The Hall–Kier alpha value is -3.11. The van der Waals surface area contributed by atoms with E-state index < -0.39 is 11.7 Å². The van der Waals surface area contributed by atoms with Gasteiger partial charge in [0.2, 0.25) is 5.13 Å². The van der Waals surface area contributed by atoms with E-state index in [1.165, 1.54) is 47.4 Å². The lowest BCUT2D eigenvalue weighted by Crippen LogP contribution is -2.14. The van der Waals surface area contributed by atoms with Crippen LogP contribution >= 0.6 is 23.1 Å². The van der Waals surface area contributed by atoms with Crippen molar-refractivity contribution < 1.29 is 9.18 Å². The summed E-state index contributed by atoms with van der Waals surface area (Å²) in [6.45, 7) is 0. The molecule has 0 radical (unpaired) electrons. The minimum Gasteiger partial charge on any atom is -0.319 e. The Kier molecular flexibility index (Phi) is 5.13. The molecule has 4 rings (SSSR count). The normalized spacial score (nSPS) is 10.9. The first-order valence-corrected chi connectivity index (χ1v) is 9.90. The molecule has 2 aromatic heterocycles. The molecule has 4 aromatic rings. The molecule has 2 N–H and O–H groups in total. The topological polar surface area (TPSA) is 101 Å². The molecule has 10 heteroatoms. The number of para-hydroxylation sites is 2. The molecule has 140 valence electrons. The van der Waals surface area contributed by atoms with Gasteiger partial charge in [0.15, 0.2) is 4.34 Å². The summed E-state index contributed by atoms with van der Waals surface area (Å²) in [4.78, 5) is 31.4. The van der Waals surface area contributed by atoms with Crippen LogP contribution in [0.2, 0.25) is 0 Å². The molecule has 0 saturated heterocycles. The summed E-state index contributed by atoms with van der Waals surface area (Å²) >= 11 is 2.49. The van der Waals surface area contributed by atoms with Crippen molar-refractivity contribution in [1.29, 1.82) is 0 Å². The highest BCUT2D eigenvalue weighted by atomic mass is 32.2. The van der Waals surface area contributed by atoms with Crippen LogP contribution in [0.15, 0.2) is 57.7 Å². The Morgan fingerprint density at radius 3 is 2.75 bits per heavy atom. The summed E-state index contributed by atoms with van der Waals surface area (Å²) in [5, 5.41) is 10.9. The lowest BCUT2D eigenvalue weighted by Gasteiger charge is -2.01. The van der Waals surface area contributed by atoms with Crippen molar-refractivity contribution in [2.45, 2.75) is 10.1 Å². The zero-order valence-corrected chi connectivity index (χ0v) is 15.8. The zero-order valence-electron chi connectivity index (χ0n) is 14.2. The van der Waals surface area contributed by atoms with E-state index in [1.807, 2.05) is 18.2 Å². The van der Waals surface area contributed by atoms with E-state index in [0.29, 0.717) is 37.5 Å². The van der Waals surface area contributed by atoms with E-state index in [-0.39, 0.29) is 5.56 Å². The zero-order chi connectivity index (χ0) is 19.5. The fourth-order valence-corrected chi connectivity index (χ4v) is 4.06. The van der Waals surface area contributed by atoms with Crippen molar-refractivity contribution in [3.05, 3.63) is 76.0 Å². The number of aromatic amines is 1. The number of nitrogens with zero attached hydrogens (tertiary/aromatic N) is 3. The Balaban J connectivity index is 1.42. The van der Waals surface area contributed by atoms with Crippen molar-refractivity contribution >= 4 is 45.2 Å². The molecule has 2 heterocycles. The number of nitrogens with one attached hydrogen (secondary N) is 2. The summed E-state index contributed by atoms with van der Waals surface area (Å²) < 4.78 is 13.5. The summed E-state index contributed by atoms with van der Waals surface area (Å²) in [7, 11) is 0. The van der Waals surface area contributed by atoms with Crippen LogP contribution in [0.5, 0.6) is 0 Å². The molecule has 0 aliphatic heterocycles. The van der Waals surface area contributed by atoms with Gasteiger partial charge in [0.05, 0.1) is 11.0 Å². The number of carbonyl (C=O) groups is 1. The average molecular weight is 413 g/mol. The number of hydrogen-bond donors (Lipinski definition) is 2. The van der Waals surface area contributed by atoms with Crippen LogP contribution in [0.3, 0.4) is 0 Å². The second kappa shape index (κ2) is 7.87. The molecule has 0 unspecified atom stereocenters. The first-order valence-electron chi connectivity index (χ1n) is 8.09. The monoisotopic (exact) mass is 413 g/mol. The van der Waals surface area contributed by atoms with Gasteiger partial charge in [-0.15, -0.1) is 10.2 Å². The number of H-pyrrole nitrogens is 1. The van der Waals surface area contributed by atoms with Gasteiger partial charge in [0.1, 0.15) is 11.5 Å². The van der Waals surface area contributed by atoms with E-state index in [9.17, 15) is 14.0 Å². The van der Waals surface area contributed by atoms with Crippen LogP contribution in [0, 0.1) is 5.82 Å². The highest BCUT2D eigenvalue weighted by Crippen LogP contribution is 2.27. The van der Waals surface area contributed by atoms with E-state index in [2.05, 4.69) is 25.5 Å². The summed E-state index contributed by atoms with van der Waals surface area (Å²) in [6, 6.07) is 12.5. The van der Waals surface area contributed by atoms with Gasteiger partial charge in [0.25, 0.3) is 11.5 Å². The van der Waals surface area contributed by atoms with Crippen LogP contribution < -0.4 is 10.9 Å². The largest absolute Gasteiger partial charge is 0.319 e. The number of carbonyl (C=O) groups excluding carboxylic acids is 1. The third kappa shape index (κ3) is 4.07. The maximum atomic E-state index is 12.9. The van der Waals surface area contributed by atoms with Crippen LogP contribution in [0.4, 0.5) is 9.52 Å². The fourth-order valence-electron chi connectivity index (χ4n) is 2.38. The first-order chi connectivity index (χ1) is 13.6. The van der Waals surface area contributed by atoms with Crippen LogP contribution in [0.1, 0.15) is 16.1 Å². The number of rotatable bonds is 5. The smallest absolute Gasteiger partial charge is 0.271 e. The van der Waals surface area contributed by atoms with Gasteiger partial charge in [-0.1, -0.05) is 35.2 Å². The van der Waals surface area contributed by atoms with E-state index >= 15 is 0 Å². The molecule has 0 saturated carbocycles. The maximum absolute atomic E-state index is 12.9. The molecule has 28 heavy (non-hydrogen) atoms. The van der Waals surface area contributed by atoms with Crippen molar-refractivity contribution in [3.63, 3.8) is 0 Å². The second-order valence-electron chi connectivity index (χ2n) is 5.65. The third-order valence-electron chi connectivity index (χ3n) is 3.74. The number of benzene rings is 2. The van der Waals surface area contributed by atoms with Crippen molar-refractivity contribution in [2.24, 2.45) is 0 Å². The quantitative estimate of drug-likeness (QED) is 0.384. The third-order valence-corrected chi connectivity index (χ3v) is 5.72. The lowest BCUT2D eigenvalue weighted by atomic mass is 10.2. The van der Waals surface area contributed by atoms with Gasteiger partial charge >= 0.3 is 0 Å². The van der Waals surface area contributed by atoms with Gasteiger partial charge in [-0.05, 0) is 36.4 Å². The van der Waals surface area contributed by atoms with E-state index in [0.717, 1.165) is 0 Å². The van der Waals surface area contributed by atoms with E-state index in [4.69, 9.17) is 0 Å². The van der Waals surface area contributed by atoms with Crippen LogP contribution in [-0.4, -0.2) is 26.1 Å². The molecule has 1 amide bonds. The van der Waals surface area contributed by atoms with Gasteiger partial charge < -0.3 is 4.98 Å². The number of halogens is 1. The minimum absolute atomic E-state index is 0.249. The van der Waals surface area contributed by atoms with Gasteiger partial charge in [0, 0.05) is 11.3 Å². The second-order valence-corrected chi connectivity index (χ2v) is 7.85. The lowest BCUT2D eigenvalue weighted by molar-refractivity contribution is 0.102. The average Bonchev–Trinajstić information content (AvgIpc) is 3.14. The van der Waals surface area contributed by atoms with Crippen molar-refractivity contribution in [3.8, 4) is 0 Å². The van der Waals surface area contributed by atoms with Crippen LogP contribution in [-0.2, 0) is 5.75 Å². The molecule has 7 nitrogen and oxygen atoms in total. The number of anilines is 1. The summed E-state index contributed by atoms with van der Waals surface area (Å²) in [5.41, 5.74) is 1.85. The minimum atomic E-state index is -0.413. The molecule has 0 fully saturated rings. The first kappa shape index (κ1) is 18.3. The molecule has 0 atom stereocenters.